The van der Waals surface area contributed by atoms with E-state index < -0.39 is 5.51 Å². The summed E-state index contributed by atoms with van der Waals surface area (Å²) in [5, 5.41) is 0.283. The molecule has 0 amide bonds. The molecule has 0 unspecified atom stereocenters. The molecule has 0 bridgehead atoms. The van der Waals surface area contributed by atoms with Gasteiger partial charge in [-0.15, -0.1) is 0 Å². The molecule has 2 aromatic rings. The van der Waals surface area contributed by atoms with Gasteiger partial charge in [0.2, 0.25) is 0 Å². The van der Waals surface area contributed by atoms with Crippen molar-refractivity contribution in [3.05, 3.63) is 64.4 Å². The number of thioether (sulfide) groups is 1. The Kier molecular flexibility index (Phi) is 4.90. The molecule has 2 rings (SSSR count). The number of nitrogens with zero attached hydrogens (tertiary/aromatic N) is 1. The predicted molar refractivity (Wildman–Crippen MR) is 76.5 cm³/mol. The van der Waals surface area contributed by atoms with Gasteiger partial charge in [0.25, 0.3) is 0 Å². The van der Waals surface area contributed by atoms with Gasteiger partial charge in [0.1, 0.15) is 5.15 Å². The summed E-state index contributed by atoms with van der Waals surface area (Å²) in [7, 11) is 0. The SMILES string of the molecule is O=C(c1ccc(CSC(F)(F)F)cc1)c1ccc(Cl)nc1. The average Bonchev–Trinajstić information content (AvgIpc) is 2.45. The van der Waals surface area contributed by atoms with Gasteiger partial charge in [0, 0.05) is 23.1 Å². The van der Waals surface area contributed by atoms with Gasteiger partial charge in [-0.1, -0.05) is 35.9 Å². The van der Waals surface area contributed by atoms with Gasteiger partial charge in [0.05, 0.1) is 0 Å². The Hall–Kier alpha value is -1.53. The number of halogens is 4. The molecule has 0 atom stereocenters. The lowest BCUT2D eigenvalue weighted by Gasteiger charge is -2.06. The van der Waals surface area contributed by atoms with Gasteiger partial charge in [0.15, 0.2) is 5.78 Å². The summed E-state index contributed by atoms with van der Waals surface area (Å²) in [4.78, 5) is 15.9. The Bertz CT molecular complexity index is 626. The van der Waals surface area contributed by atoms with Crippen molar-refractivity contribution < 1.29 is 18.0 Å². The number of carbonyl (C=O) groups excluding carboxylic acids is 1. The Morgan fingerprint density at radius 1 is 1.10 bits per heavy atom. The molecular weight excluding hydrogens is 323 g/mol. The second-order valence-corrected chi connectivity index (χ2v) is 5.56. The van der Waals surface area contributed by atoms with Crippen LogP contribution in [0.5, 0.6) is 0 Å². The van der Waals surface area contributed by atoms with Crippen LogP contribution in [0.25, 0.3) is 0 Å². The van der Waals surface area contributed by atoms with Crippen molar-refractivity contribution >= 4 is 29.1 Å². The highest BCUT2D eigenvalue weighted by Gasteiger charge is 2.27. The largest absolute Gasteiger partial charge is 0.442 e. The van der Waals surface area contributed by atoms with Crippen LogP contribution in [-0.4, -0.2) is 16.3 Å². The lowest BCUT2D eigenvalue weighted by molar-refractivity contribution is -0.0329. The van der Waals surface area contributed by atoms with Crippen LogP contribution in [0.2, 0.25) is 5.15 Å². The van der Waals surface area contributed by atoms with Crippen LogP contribution >= 0.6 is 23.4 Å². The number of rotatable bonds is 4. The van der Waals surface area contributed by atoms with E-state index >= 15 is 0 Å². The molecule has 0 aliphatic rings. The molecular formula is C14H9ClF3NOS. The Morgan fingerprint density at radius 2 is 1.71 bits per heavy atom. The molecule has 21 heavy (non-hydrogen) atoms. The minimum absolute atomic E-state index is 0.111. The van der Waals surface area contributed by atoms with Gasteiger partial charge < -0.3 is 0 Å². The van der Waals surface area contributed by atoms with Crippen LogP contribution in [0, 0.1) is 0 Å². The summed E-state index contributed by atoms with van der Waals surface area (Å²) in [6, 6.07) is 9.07. The normalized spacial score (nSPS) is 11.4. The number of hydrogen-bond acceptors (Lipinski definition) is 3. The molecule has 7 heteroatoms. The molecule has 110 valence electrons. The molecule has 0 N–H and O–H groups in total. The molecule has 0 fully saturated rings. The number of hydrogen-bond donors (Lipinski definition) is 0. The smallest absolute Gasteiger partial charge is 0.289 e. The second-order valence-electron chi connectivity index (χ2n) is 4.13. The molecule has 1 heterocycles. The van der Waals surface area contributed by atoms with E-state index in [9.17, 15) is 18.0 Å². The third-order valence-corrected chi connectivity index (χ3v) is 3.64. The van der Waals surface area contributed by atoms with Gasteiger partial charge in [-0.05, 0) is 29.5 Å². The van der Waals surface area contributed by atoms with Gasteiger partial charge in [-0.2, -0.15) is 13.2 Å². The quantitative estimate of drug-likeness (QED) is 0.600. The maximum Gasteiger partial charge on any atom is 0.442 e. The highest BCUT2D eigenvalue weighted by Crippen LogP contribution is 2.32. The number of carbonyl (C=O) groups is 1. The van der Waals surface area contributed by atoms with Crippen molar-refractivity contribution in [2.24, 2.45) is 0 Å². The van der Waals surface area contributed by atoms with E-state index in [4.69, 9.17) is 11.6 Å². The first kappa shape index (κ1) is 15.9. The van der Waals surface area contributed by atoms with E-state index in [1.54, 1.807) is 6.07 Å². The summed E-state index contributed by atoms with van der Waals surface area (Å²) in [6.07, 6.45) is 1.36. The Morgan fingerprint density at radius 3 is 2.24 bits per heavy atom. The summed E-state index contributed by atoms with van der Waals surface area (Å²) in [5.41, 5.74) is -3.00. The third kappa shape index (κ3) is 4.75. The van der Waals surface area contributed by atoms with Crippen LogP contribution in [0.4, 0.5) is 13.2 Å². The van der Waals surface area contributed by atoms with Crippen LogP contribution in [0.1, 0.15) is 21.5 Å². The van der Waals surface area contributed by atoms with E-state index in [1.807, 2.05) is 0 Å². The Labute approximate surface area is 128 Å². The predicted octanol–water partition coefficient (Wildman–Crippen LogP) is 4.72. The van der Waals surface area contributed by atoms with Gasteiger partial charge >= 0.3 is 5.51 Å². The first-order chi connectivity index (χ1) is 9.85. The average molecular weight is 332 g/mol. The summed E-state index contributed by atoms with van der Waals surface area (Å²) in [6.45, 7) is 0. The minimum atomic E-state index is -4.26. The molecule has 0 radical (unpaired) electrons. The van der Waals surface area contributed by atoms with Crippen molar-refractivity contribution in [1.29, 1.82) is 0 Å². The monoisotopic (exact) mass is 331 g/mol. The highest BCUT2D eigenvalue weighted by atomic mass is 35.5. The van der Waals surface area contributed by atoms with Crippen molar-refractivity contribution in [2.45, 2.75) is 11.3 Å². The molecule has 1 aromatic carbocycles. The van der Waals surface area contributed by atoms with Crippen molar-refractivity contribution in [1.82, 2.24) is 4.98 Å². The van der Waals surface area contributed by atoms with E-state index in [2.05, 4.69) is 4.98 Å². The first-order valence-electron chi connectivity index (χ1n) is 5.81. The van der Waals surface area contributed by atoms with E-state index in [1.165, 1.54) is 36.5 Å². The fourth-order valence-electron chi connectivity index (χ4n) is 1.59. The molecule has 0 aliphatic carbocycles. The lowest BCUT2D eigenvalue weighted by atomic mass is 10.0. The minimum Gasteiger partial charge on any atom is -0.289 e. The van der Waals surface area contributed by atoms with E-state index in [0.717, 1.165) is 0 Å². The van der Waals surface area contributed by atoms with Gasteiger partial charge in [-0.25, -0.2) is 4.98 Å². The second kappa shape index (κ2) is 6.49. The van der Waals surface area contributed by atoms with Crippen LogP contribution < -0.4 is 0 Å². The fraction of sp³-hybridized carbons (Fsp3) is 0.143. The maximum absolute atomic E-state index is 12.1. The van der Waals surface area contributed by atoms with Gasteiger partial charge in [-0.3, -0.25) is 4.79 Å². The zero-order valence-corrected chi connectivity index (χ0v) is 12.1. The number of ketones is 1. The van der Waals surface area contributed by atoms with Crippen LogP contribution in [0.3, 0.4) is 0 Å². The highest BCUT2D eigenvalue weighted by molar-refractivity contribution is 7.99. The summed E-state index contributed by atoms with van der Waals surface area (Å²) in [5.74, 6) is -0.435. The van der Waals surface area contributed by atoms with Crippen LogP contribution in [-0.2, 0) is 5.75 Å². The summed E-state index contributed by atoms with van der Waals surface area (Å²) < 4.78 is 36.3. The first-order valence-corrected chi connectivity index (χ1v) is 7.17. The topological polar surface area (TPSA) is 30.0 Å². The van der Waals surface area contributed by atoms with E-state index in [-0.39, 0.29) is 28.5 Å². The lowest BCUT2D eigenvalue weighted by Crippen LogP contribution is -2.03. The molecule has 2 nitrogen and oxygen atoms in total. The molecule has 0 aliphatic heterocycles. The molecule has 0 saturated carbocycles. The molecule has 0 saturated heterocycles. The van der Waals surface area contributed by atoms with Crippen molar-refractivity contribution in [3.63, 3.8) is 0 Å². The summed E-state index contributed by atoms with van der Waals surface area (Å²) >= 11 is 5.53. The zero-order chi connectivity index (χ0) is 15.5. The van der Waals surface area contributed by atoms with Crippen molar-refractivity contribution in [2.75, 3.05) is 0 Å². The fourth-order valence-corrected chi connectivity index (χ4v) is 2.23. The zero-order valence-electron chi connectivity index (χ0n) is 10.5. The van der Waals surface area contributed by atoms with Crippen LogP contribution in [0.15, 0.2) is 42.6 Å². The molecule has 0 spiro atoms. The standard InChI is InChI=1S/C14H9ClF3NOS/c15-12-6-5-11(7-19-12)13(20)10-3-1-9(2-4-10)8-21-14(16,17)18/h1-7H,8H2. The van der Waals surface area contributed by atoms with E-state index in [0.29, 0.717) is 16.7 Å². The van der Waals surface area contributed by atoms with Crippen molar-refractivity contribution in [3.8, 4) is 0 Å². The number of benzene rings is 1. The molecule has 1 aromatic heterocycles. The number of pyridine rings is 1. The third-order valence-electron chi connectivity index (χ3n) is 2.61. The maximum atomic E-state index is 12.1. The Balaban J connectivity index is 2.08. The number of alkyl halides is 3. The number of aromatic nitrogens is 1.